The normalized spacial score (nSPS) is 14.7. The average Bonchev–Trinajstić information content (AvgIpc) is 3.08. The molecular weight excluding hydrogens is 228 g/mol. The van der Waals surface area contributed by atoms with Crippen LogP contribution in [0.4, 0.5) is 0 Å². The summed E-state index contributed by atoms with van der Waals surface area (Å²) >= 11 is 0. The van der Waals surface area contributed by atoms with Crippen LogP contribution >= 0.6 is 0 Å². The Hall–Kier alpha value is -2.10. The fraction of sp³-hybridized carbons (Fsp3) is 0.286. The van der Waals surface area contributed by atoms with Crippen molar-refractivity contribution in [3.8, 4) is 0 Å². The van der Waals surface area contributed by atoms with Crippen LogP contribution in [0.25, 0.3) is 0 Å². The molecule has 0 amide bonds. The van der Waals surface area contributed by atoms with Crippen LogP contribution in [0.2, 0.25) is 0 Å². The molecule has 1 aromatic carbocycles. The quantitative estimate of drug-likeness (QED) is 0.896. The molecule has 92 valence electrons. The number of aromatic nitrogens is 2. The molecule has 0 radical (unpaired) electrons. The van der Waals surface area contributed by atoms with Gasteiger partial charge >= 0.3 is 5.97 Å². The number of carboxylic acids is 1. The lowest BCUT2D eigenvalue weighted by Gasteiger charge is -2.10. The molecule has 1 aliphatic carbocycles. The van der Waals surface area contributed by atoms with Gasteiger partial charge in [-0.25, -0.2) is 4.79 Å². The minimum atomic E-state index is -0.859. The van der Waals surface area contributed by atoms with E-state index in [0.717, 1.165) is 12.8 Å². The van der Waals surface area contributed by atoms with Gasteiger partial charge in [-0.05, 0) is 48.1 Å². The highest BCUT2D eigenvalue weighted by atomic mass is 16.4. The van der Waals surface area contributed by atoms with Crippen molar-refractivity contribution in [1.29, 1.82) is 0 Å². The van der Waals surface area contributed by atoms with Crippen LogP contribution < -0.4 is 0 Å². The highest BCUT2D eigenvalue weighted by Crippen LogP contribution is 2.42. The lowest BCUT2D eigenvalue weighted by Crippen LogP contribution is -2.05. The summed E-state index contributed by atoms with van der Waals surface area (Å²) in [5.41, 5.74) is 2.72. The molecule has 18 heavy (non-hydrogen) atoms. The molecule has 0 unspecified atom stereocenters. The van der Waals surface area contributed by atoms with Crippen molar-refractivity contribution < 1.29 is 9.90 Å². The van der Waals surface area contributed by atoms with Gasteiger partial charge in [0.25, 0.3) is 0 Å². The SMILES string of the molecule is O=C(O)c1ccc(Cn2cccn2)c(C2CC2)c1. The first-order valence-electron chi connectivity index (χ1n) is 6.07. The third-order valence-corrected chi connectivity index (χ3v) is 3.30. The predicted octanol–water partition coefficient (Wildman–Crippen LogP) is 2.51. The van der Waals surface area contributed by atoms with E-state index in [2.05, 4.69) is 5.10 Å². The molecule has 4 nitrogen and oxygen atoms in total. The Balaban J connectivity index is 1.95. The third-order valence-electron chi connectivity index (χ3n) is 3.30. The largest absolute Gasteiger partial charge is 0.478 e. The molecular formula is C14H14N2O2. The van der Waals surface area contributed by atoms with Crippen LogP contribution in [0.15, 0.2) is 36.7 Å². The van der Waals surface area contributed by atoms with Gasteiger partial charge in [-0.3, -0.25) is 4.68 Å². The maximum Gasteiger partial charge on any atom is 0.335 e. The Kier molecular flexibility index (Phi) is 2.63. The Morgan fingerprint density at radius 2 is 2.28 bits per heavy atom. The zero-order valence-corrected chi connectivity index (χ0v) is 9.91. The van der Waals surface area contributed by atoms with E-state index in [-0.39, 0.29) is 0 Å². The number of carboxylic acid groups (broad SMARTS) is 1. The Morgan fingerprint density at radius 3 is 2.89 bits per heavy atom. The highest BCUT2D eigenvalue weighted by Gasteiger charge is 2.26. The van der Waals surface area contributed by atoms with Crippen molar-refractivity contribution in [1.82, 2.24) is 9.78 Å². The van der Waals surface area contributed by atoms with Crippen molar-refractivity contribution in [3.63, 3.8) is 0 Å². The van der Waals surface area contributed by atoms with Gasteiger partial charge in [0, 0.05) is 12.4 Å². The molecule has 0 saturated heterocycles. The van der Waals surface area contributed by atoms with Crippen molar-refractivity contribution >= 4 is 5.97 Å². The summed E-state index contributed by atoms with van der Waals surface area (Å²) in [6, 6.07) is 7.30. The number of nitrogens with zero attached hydrogens (tertiary/aromatic N) is 2. The Bertz CT molecular complexity index is 571. The summed E-state index contributed by atoms with van der Waals surface area (Å²) in [5.74, 6) is -0.322. The van der Waals surface area contributed by atoms with E-state index < -0.39 is 5.97 Å². The molecule has 1 N–H and O–H groups in total. The van der Waals surface area contributed by atoms with Crippen LogP contribution in [0.3, 0.4) is 0 Å². The summed E-state index contributed by atoms with van der Waals surface area (Å²) in [5, 5.41) is 13.2. The molecule has 1 heterocycles. The van der Waals surface area contributed by atoms with E-state index >= 15 is 0 Å². The van der Waals surface area contributed by atoms with Gasteiger partial charge < -0.3 is 5.11 Å². The third kappa shape index (κ3) is 2.14. The Labute approximate surface area is 105 Å². The summed E-state index contributed by atoms with van der Waals surface area (Å²) in [7, 11) is 0. The average molecular weight is 242 g/mol. The zero-order chi connectivity index (χ0) is 12.5. The fourth-order valence-corrected chi connectivity index (χ4v) is 2.21. The van der Waals surface area contributed by atoms with E-state index in [9.17, 15) is 4.79 Å². The molecule has 1 saturated carbocycles. The minimum Gasteiger partial charge on any atom is -0.478 e. The first kappa shape index (κ1) is 11.0. The Morgan fingerprint density at radius 1 is 1.44 bits per heavy atom. The monoisotopic (exact) mass is 242 g/mol. The maximum absolute atomic E-state index is 11.0. The molecule has 0 spiro atoms. The van der Waals surface area contributed by atoms with Crippen molar-refractivity contribution in [2.24, 2.45) is 0 Å². The van der Waals surface area contributed by atoms with Crippen LogP contribution in [-0.4, -0.2) is 20.9 Å². The van der Waals surface area contributed by atoms with E-state index in [0.29, 0.717) is 18.0 Å². The van der Waals surface area contributed by atoms with Crippen LogP contribution in [-0.2, 0) is 6.54 Å². The fourth-order valence-electron chi connectivity index (χ4n) is 2.21. The van der Waals surface area contributed by atoms with Gasteiger partial charge in [-0.2, -0.15) is 5.10 Å². The molecule has 2 aromatic rings. The summed E-state index contributed by atoms with van der Waals surface area (Å²) in [6.07, 6.45) is 5.99. The summed E-state index contributed by atoms with van der Waals surface area (Å²) in [6.45, 7) is 0.707. The molecule has 3 rings (SSSR count). The van der Waals surface area contributed by atoms with Gasteiger partial charge in [0.05, 0.1) is 12.1 Å². The number of aromatic carboxylic acids is 1. The predicted molar refractivity (Wildman–Crippen MR) is 66.7 cm³/mol. The van der Waals surface area contributed by atoms with Crippen molar-refractivity contribution in [3.05, 3.63) is 53.3 Å². The van der Waals surface area contributed by atoms with Gasteiger partial charge in [0.15, 0.2) is 0 Å². The minimum absolute atomic E-state index is 0.376. The van der Waals surface area contributed by atoms with E-state index in [1.54, 1.807) is 12.3 Å². The van der Waals surface area contributed by atoms with Crippen LogP contribution in [0, 0.1) is 0 Å². The first-order valence-corrected chi connectivity index (χ1v) is 6.07. The lowest BCUT2D eigenvalue weighted by atomic mass is 10.00. The van der Waals surface area contributed by atoms with E-state index in [1.165, 1.54) is 11.1 Å². The second-order valence-corrected chi connectivity index (χ2v) is 4.70. The highest BCUT2D eigenvalue weighted by molar-refractivity contribution is 5.88. The van der Waals surface area contributed by atoms with Gasteiger partial charge in [0.1, 0.15) is 0 Å². The van der Waals surface area contributed by atoms with Gasteiger partial charge in [-0.15, -0.1) is 0 Å². The summed E-state index contributed by atoms with van der Waals surface area (Å²) < 4.78 is 1.86. The van der Waals surface area contributed by atoms with E-state index in [1.807, 2.05) is 29.1 Å². The molecule has 4 heteroatoms. The smallest absolute Gasteiger partial charge is 0.335 e. The van der Waals surface area contributed by atoms with Gasteiger partial charge in [0.2, 0.25) is 0 Å². The molecule has 0 aliphatic heterocycles. The topological polar surface area (TPSA) is 55.1 Å². The van der Waals surface area contributed by atoms with Gasteiger partial charge in [-0.1, -0.05) is 6.07 Å². The first-order chi connectivity index (χ1) is 8.74. The number of hydrogen-bond donors (Lipinski definition) is 1. The summed E-state index contributed by atoms with van der Waals surface area (Å²) in [4.78, 5) is 11.0. The van der Waals surface area contributed by atoms with Crippen LogP contribution in [0.1, 0.15) is 40.2 Å². The number of rotatable bonds is 4. The number of carbonyl (C=O) groups is 1. The molecule has 0 bridgehead atoms. The van der Waals surface area contributed by atoms with Crippen molar-refractivity contribution in [2.45, 2.75) is 25.3 Å². The number of hydrogen-bond acceptors (Lipinski definition) is 2. The zero-order valence-electron chi connectivity index (χ0n) is 9.91. The molecule has 1 aromatic heterocycles. The lowest BCUT2D eigenvalue weighted by molar-refractivity contribution is 0.0697. The standard InChI is InChI=1S/C14H14N2O2/c17-14(18)11-4-5-12(9-16-7-1-6-15-16)13(8-11)10-2-3-10/h1,4-8,10H,2-3,9H2,(H,17,18). The van der Waals surface area contributed by atoms with E-state index in [4.69, 9.17) is 5.11 Å². The molecule has 0 atom stereocenters. The molecule has 1 fully saturated rings. The maximum atomic E-state index is 11.0. The second kappa shape index (κ2) is 4.29. The second-order valence-electron chi connectivity index (χ2n) is 4.70. The number of benzene rings is 1. The molecule has 1 aliphatic rings. The van der Waals surface area contributed by atoms with Crippen LogP contribution in [0.5, 0.6) is 0 Å². The van der Waals surface area contributed by atoms with Crippen molar-refractivity contribution in [2.75, 3.05) is 0 Å².